The molecule has 30 heavy (non-hydrogen) atoms. The van der Waals surface area contributed by atoms with E-state index in [0.717, 1.165) is 0 Å². The van der Waals surface area contributed by atoms with Crippen molar-refractivity contribution in [3.05, 3.63) is 71.8 Å². The van der Waals surface area contributed by atoms with E-state index >= 15 is 0 Å². The van der Waals surface area contributed by atoms with Crippen molar-refractivity contribution in [2.75, 3.05) is 13.2 Å². The number of rotatable bonds is 10. The molecule has 0 aromatic heterocycles. The van der Waals surface area contributed by atoms with Crippen molar-refractivity contribution >= 4 is 11.9 Å². The first-order valence-corrected chi connectivity index (χ1v) is 9.71. The Balaban J connectivity index is 1.75. The normalized spacial score (nSPS) is 13.8. The van der Waals surface area contributed by atoms with Gasteiger partial charge in [-0.15, -0.1) is 0 Å². The van der Waals surface area contributed by atoms with Crippen LogP contribution in [-0.2, 0) is 9.47 Å². The molecule has 2 aromatic carbocycles. The number of nitrogens with zero attached hydrogens (tertiary/aromatic N) is 3. The quantitative estimate of drug-likeness (QED) is 0.423. The molecule has 0 amide bonds. The van der Waals surface area contributed by atoms with Crippen molar-refractivity contribution < 1.29 is 19.1 Å². The molecule has 2 aromatic rings. The van der Waals surface area contributed by atoms with E-state index in [1.54, 1.807) is 55.5 Å². The van der Waals surface area contributed by atoms with Crippen molar-refractivity contribution in [1.29, 1.82) is 5.26 Å². The Kier molecular flexibility index (Phi) is 8.70. The molecule has 2 unspecified atom stereocenters. The minimum absolute atomic E-state index is 0.0554. The van der Waals surface area contributed by atoms with E-state index < -0.39 is 11.5 Å². The highest BCUT2D eigenvalue weighted by atomic mass is 16.5. The second-order valence-corrected chi connectivity index (χ2v) is 6.99. The first kappa shape index (κ1) is 22.8. The summed E-state index contributed by atoms with van der Waals surface area (Å²) < 4.78 is 10.4. The van der Waals surface area contributed by atoms with Gasteiger partial charge in [-0.25, -0.2) is 9.59 Å². The summed E-state index contributed by atoms with van der Waals surface area (Å²) in [7, 11) is 0. The summed E-state index contributed by atoms with van der Waals surface area (Å²) in [6.07, 6.45) is 0.702. The topological polar surface area (TPSA) is 101 Å². The Morgan fingerprint density at radius 1 is 0.967 bits per heavy atom. The second-order valence-electron chi connectivity index (χ2n) is 6.99. The van der Waals surface area contributed by atoms with Crippen LogP contribution in [0.2, 0.25) is 0 Å². The summed E-state index contributed by atoms with van der Waals surface area (Å²) in [5.74, 6) is -0.830. The summed E-state index contributed by atoms with van der Waals surface area (Å²) in [4.78, 5) is 23.9. The number of carbonyl (C=O) groups excluding carboxylic acids is 2. The third-order valence-electron chi connectivity index (χ3n) is 4.33. The van der Waals surface area contributed by atoms with E-state index in [4.69, 9.17) is 9.47 Å². The molecule has 2 atom stereocenters. The van der Waals surface area contributed by atoms with Crippen LogP contribution in [0.25, 0.3) is 0 Å². The Labute approximate surface area is 176 Å². The number of benzene rings is 2. The summed E-state index contributed by atoms with van der Waals surface area (Å²) >= 11 is 0. The van der Waals surface area contributed by atoms with E-state index in [1.807, 2.05) is 19.1 Å². The molecule has 0 aliphatic rings. The molecule has 0 aliphatic heterocycles. The van der Waals surface area contributed by atoms with Crippen molar-refractivity contribution in [2.24, 2.45) is 10.2 Å². The monoisotopic (exact) mass is 407 g/mol. The largest absolute Gasteiger partial charge is 0.462 e. The maximum absolute atomic E-state index is 12.0. The van der Waals surface area contributed by atoms with E-state index in [9.17, 15) is 14.9 Å². The van der Waals surface area contributed by atoms with Crippen LogP contribution in [0.5, 0.6) is 0 Å². The van der Waals surface area contributed by atoms with Gasteiger partial charge in [0.25, 0.3) is 0 Å². The Hall–Kier alpha value is -3.53. The molecule has 0 saturated heterocycles. The lowest BCUT2D eigenvalue weighted by Gasteiger charge is -2.16. The number of nitriles is 1. The predicted octanol–water partition coefficient (Wildman–Crippen LogP) is 4.60. The van der Waals surface area contributed by atoms with Crippen molar-refractivity contribution in [3.63, 3.8) is 0 Å². The maximum Gasteiger partial charge on any atom is 0.338 e. The van der Waals surface area contributed by atoms with Crippen molar-refractivity contribution in [1.82, 2.24) is 0 Å². The van der Waals surface area contributed by atoms with Gasteiger partial charge in [0.05, 0.1) is 36.5 Å². The lowest BCUT2D eigenvalue weighted by Crippen LogP contribution is -2.23. The molecule has 0 radical (unpaired) electrons. The van der Waals surface area contributed by atoms with Crippen LogP contribution in [0.3, 0.4) is 0 Å². The molecule has 0 aliphatic carbocycles. The number of esters is 2. The maximum atomic E-state index is 12.0. The van der Waals surface area contributed by atoms with Crippen LogP contribution in [0.1, 0.15) is 47.4 Å². The van der Waals surface area contributed by atoms with Crippen LogP contribution in [-0.4, -0.2) is 36.7 Å². The third-order valence-corrected chi connectivity index (χ3v) is 4.33. The van der Waals surface area contributed by atoms with Gasteiger partial charge in [-0.3, -0.25) is 0 Å². The van der Waals surface area contributed by atoms with Gasteiger partial charge in [0, 0.05) is 12.8 Å². The van der Waals surface area contributed by atoms with Crippen molar-refractivity contribution in [2.45, 2.75) is 38.3 Å². The molecular formula is C23H25N3O4. The van der Waals surface area contributed by atoms with E-state index in [-0.39, 0.29) is 31.6 Å². The number of azo groups is 1. The van der Waals surface area contributed by atoms with E-state index in [0.29, 0.717) is 17.5 Å². The van der Waals surface area contributed by atoms with Gasteiger partial charge >= 0.3 is 11.9 Å². The lowest BCUT2D eigenvalue weighted by molar-refractivity contribution is 0.0476. The fourth-order valence-electron chi connectivity index (χ4n) is 2.39. The Morgan fingerprint density at radius 2 is 1.47 bits per heavy atom. The first-order chi connectivity index (χ1) is 14.4. The molecule has 2 rings (SSSR count). The van der Waals surface area contributed by atoms with Crippen LogP contribution in [0.15, 0.2) is 70.9 Å². The number of ether oxygens (including phenoxy) is 2. The standard InChI is InChI=1S/C23H25N3O4/c1-18(13-15-29-21(27)19-9-5-3-6-10-19)25-26-23(2,17-24)14-16-30-22(28)20-11-7-4-8-12-20/h3-12,18H,13-16H2,1-2H3/b26-25+. The summed E-state index contributed by atoms with van der Waals surface area (Å²) in [5, 5.41) is 17.7. The van der Waals surface area contributed by atoms with Gasteiger partial charge in [0.1, 0.15) is 0 Å². The molecule has 0 bridgehead atoms. The van der Waals surface area contributed by atoms with Gasteiger partial charge < -0.3 is 9.47 Å². The molecular weight excluding hydrogens is 382 g/mol. The highest BCUT2D eigenvalue weighted by molar-refractivity contribution is 5.89. The minimum Gasteiger partial charge on any atom is -0.462 e. The molecule has 7 nitrogen and oxygen atoms in total. The van der Waals surface area contributed by atoms with Crippen LogP contribution in [0, 0.1) is 11.3 Å². The molecule has 7 heteroatoms. The molecule has 0 spiro atoms. The average molecular weight is 407 g/mol. The Bertz CT molecular complexity index is 894. The summed E-state index contributed by atoms with van der Waals surface area (Å²) in [6, 6.07) is 19.3. The zero-order valence-corrected chi connectivity index (χ0v) is 17.2. The molecule has 156 valence electrons. The van der Waals surface area contributed by atoms with Crippen LogP contribution in [0.4, 0.5) is 0 Å². The first-order valence-electron chi connectivity index (χ1n) is 9.71. The van der Waals surface area contributed by atoms with Crippen molar-refractivity contribution in [3.8, 4) is 6.07 Å². The number of hydrogen-bond acceptors (Lipinski definition) is 7. The zero-order valence-electron chi connectivity index (χ0n) is 17.2. The molecule has 0 heterocycles. The van der Waals surface area contributed by atoms with Gasteiger partial charge in [-0.05, 0) is 38.1 Å². The van der Waals surface area contributed by atoms with Gasteiger partial charge in [0.2, 0.25) is 0 Å². The fraction of sp³-hybridized carbons (Fsp3) is 0.348. The average Bonchev–Trinajstić information content (AvgIpc) is 2.78. The van der Waals surface area contributed by atoms with E-state index in [2.05, 4.69) is 16.3 Å². The SMILES string of the molecule is CC(CCOC(=O)c1ccccc1)/N=N/C(C)(C#N)CCOC(=O)c1ccccc1. The van der Waals surface area contributed by atoms with Gasteiger partial charge in [-0.1, -0.05) is 36.4 Å². The number of hydrogen-bond donors (Lipinski definition) is 0. The highest BCUT2D eigenvalue weighted by Crippen LogP contribution is 2.17. The minimum atomic E-state index is -1.11. The molecule has 0 saturated carbocycles. The fourth-order valence-corrected chi connectivity index (χ4v) is 2.39. The third kappa shape index (κ3) is 7.47. The Morgan fingerprint density at radius 3 is 1.97 bits per heavy atom. The van der Waals surface area contributed by atoms with E-state index in [1.165, 1.54) is 0 Å². The summed E-state index contributed by atoms with van der Waals surface area (Å²) in [5.41, 5.74) is -0.156. The number of carbonyl (C=O) groups is 2. The predicted molar refractivity (Wildman–Crippen MR) is 111 cm³/mol. The highest BCUT2D eigenvalue weighted by Gasteiger charge is 2.24. The zero-order chi connectivity index (χ0) is 21.8. The van der Waals surface area contributed by atoms with Gasteiger partial charge in [-0.2, -0.15) is 15.5 Å². The molecule has 0 fully saturated rings. The second kappa shape index (κ2) is 11.5. The van der Waals surface area contributed by atoms with Crippen LogP contribution >= 0.6 is 0 Å². The summed E-state index contributed by atoms with van der Waals surface area (Å²) in [6.45, 7) is 3.72. The smallest absolute Gasteiger partial charge is 0.338 e. The lowest BCUT2D eigenvalue weighted by atomic mass is 10.0. The van der Waals surface area contributed by atoms with Crippen LogP contribution < -0.4 is 0 Å². The van der Waals surface area contributed by atoms with Gasteiger partial charge in [0.15, 0.2) is 5.54 Å². The molecule has 0 N–H and O–H groups in total.